The van der Waals surface area contributed by atoms with Gasteiger partial charge in [0.05, 0.1) is 20.6 Å². The van der Waals surface area contributed by atoms with Gasteiger partial charge in [0.2, 0.25) is 5.95 Å². The molecule has 0 unspecified atom stereocenters. The van der Waals surface area contributed by atoms with Gasteiger partial charge >= 0.3 is 20.6 Å². The van der Waals surface area contributed by atoms with E-state index in [0.717, 1.165) is 12.1 Å². The first-order valence-electron chi connectivity index (χ1n) is 11.6. The normalized spacial score (nSPS) is 11.3. The molecule has 4 aromatic rings. The molecule has 3 aromatic carbocycles. The van der Waals surface area contributed by atoms with Crippen LogP contribution in [0.4, 0.5) is 21.3 Å². The number of hydrogen-bond donors (Lipinski definition) is 5. The molecule has 0 fully saturated rings. The second-order valence-corrected chi connectivity index (χ2v) is 11.6. The fourth-order valence-corrected chi connectivity index (χ4v) is 4.36. The van der Waals surface area contributed by atoms with Crippen molar-refractivity contribution in [2.24, 2.45) is 0 Å². The van der Waals surface area contributed by atoms with Crippen LogP contribution >= 0.6 is 23.2 Å². The molecule has 1 heterocycles. The number of carbonyl (C=O) groups is 1. The quantitative estimate of drug-likeness (QED) is 0.132. The van der Waals surface area contributed by atoms with E-state index in [2.05, 4.69) is 15.3 Å². The summed E-state index contributed by atoms with van der Waals surface area (Å²) in [7, 11) is -9.51. The zero-order valence-corrected chi connectivity index (χ0v) is 25.0. The lowest BCUT2D eigenvalue weighted by Gasteiger charge is -2.15. The number of halogens is 3. The van der Waals surface area contributed by atoms with Crippen molar-refractivity contribution in [1.29, 1.82) is 0 Å². The molecule has 0 aliphatic carbocycles. The maximum Gasteiger partial charge on any atom is 0.394 e. The Morgan fingerprint density at radius 2 is 1.58 bits per heavy atom. The van der Waals surface area contributed by atoms with Crippen molar-refractivity contribution >= 4 is 67.2 Å². The van der Waals surface area contributed by atoms with E-state index in [-0.39, 0.29) is 23.9 Å². The first kappa shape index (κ1) is 33.4. The summed E-state index contributed by atoms with van der Waals surface area (Å²) < 4.78 is 72.5. The Morgan fingerprint density at radius 1 is 0.953 bits per heavy atom. The Bertz CT molecular complexity index is 1890. The predicted molar refractivity (Wildman–Crippen MR) is 159 cm³/mol. The minimum Gasteiger partial charge on any atom is -0.487 e. The number of carbonyl (C=O) groups excluding carboxylic acids is 1. The summed E-state index contributed by atoms with van der Waals surface area (Å²) in [6.07, 6.45) is 0. The topological polar surface area (TPSA) is 225 Å². The van der Waals surface area contributed by atoms with Crippen molar-refractivity contribution in [2.75, 3.05) is 16.8 Å². The van der Waals surface area contributed by atoms with Gasteiger partial charge in [0.25, 0.3) is 5.91 Å². The molecule has 4 rings (SSSR count). The highest BCUT2D eigenvalue weighted by Gasteiger charge is 2.17. The van der Waals surface area contributed by atoms with Crippen LogP contribution < -0.4 is 21.5 Å². The molecular weight excluding hydrogens is 652 g/mol. The van der Waals surface area contributed by atoms with Crippen molar-refractivity contribution < 1.29 is 39.4 Å². The van der Waals surface area contributed by atoms with Crippen LogP contribution in [0.25, 0.3) is 11.1 Å². The van der Waals surface area contributed by atoms with E-state index in [1.807, 2.05) is 0 Å². The lowest BCUT2D eigenvalue weighted by Crippen LogP contribution is -2.13. The Labute approximate surface area is 255 Å². The van der Waals surface area contributed by atoms with Gasteiger partial charge in [-0.15, -0.1) is 3.89 Å². The van der Waals surface area contributed by atoms with E-state index in [4.69, 9.17) is 56.9 Å². The summed E-state index contributed by atoms with van der Waals surface area (Å²) in [5, 5.41) is 3.45. The van der Waals surface area contributed by atoms with E-state index in [9.17, 15) is 17.1 Å². The van der Waals surface area contributed by atoms with Crippen LogP contribution in [-0.4, -0.2) is 41.8 Å². The predicted octanol–water partition coefficient (Wildman–Crippen LogP) is 4.76. The summed E-state index contributed by atoms with van der Waals surface area (Å²) in [4.78, 5) is 20.4. The third-order valence-corrected chi connectivity index (χ3v) is 7.03. The zero-order chi connectivity index (χ0) is 32.1. The molecule has 228 valence electrons. The maximum absolute atomic E-state index is 13.1. The molecule has 1 amide bonds. The summed E-state index contributed by atoms with van der Waals surface area (Å²) in [5.41, 5.74) is 14.8. The fourth-order valence-electron chi connectivity index (χ4n) is 3.60. The van der Waals surface area contributed by atoms with Crippen LogP contribution in [-0.2, 0) is 27.2 Å². The zero-order valence-electron chi connectivity index (χ0n) is 21.8. The molecule has 0 radical (unpaired) electrons. The SMILES string of the molecule is Cc1cc(OCc2nc(N)nc(N)c2-c2ccc(Cl)c(Cl)c2)ccc1NC(=O)c1ccc(S(=O)(=O)F)cc1.O=S(=O)(O)O. The van der Waals surface area contributed by atoms with Crippen molar-refractivity contribution in [2.45, 2.75) is 18.4 Å². The summed E-state index contributed by atoms with van der Waals surface area (Å²) in [6, 6.07) is 14.5. The van der Waals surface area contributed by atoms with Crippen LogP contribution in [0.3, 0.4) is 0 Å². The van der Waals surface area contributed by atoms with Crippen molar-refractivity contribution in [1.82, 2.24) is 9.97 Å². The van der Waals surface area contributed by atoms with Gasteiger partial charge in [-0.2, -0.15) is 21.8 Å². The minimum atomic E-state index is -4.85. The molecule has 0 aliphatic heterocycles. The van der Waals surface area contributed by atoms with Gasteiger partial charge in [0.15, 0.2) is 0 Å². The molecule has 0 aliphatic rings. The van der Waals surface area contributed by atoms with E-state index in [0.29, 0.717) is 43.9 Å². The van der Waals surface area contributed by atoms with Gasteiger partial charge in [-0.25, -0.2) is 4.98 Å². The molecule has 1 aromatic heterocycles. The Morgan fingerprint density at radius 3 is 2.14 bits per heavy atom. The average Bonchev–Trinajstić information content (AvgIpc) is 2.89. The van der Waals surface area contributed by atoms with Crippen LogP contribution in [0, 0.1) is 6.92 Å². The van der Waals surface area contributed by atoms with Crippen molar-refractivity contribution in [3.8, 4) is 16.9 Å². The number of nitrogens with one attached hydrogen (secondary N) is 1. The average molecular weight is 675 g/mol. The Hall–Kier alpha value is -4.06. The summed E-state index contributed by atoms with van der Waals surface area (Å²) in [6.45, 7) is 1.77. The number of nitrogens with two attached hydrogens (primary N) is 2. The van der Waals surface area contributed by atoms with Crippen LogP contribution in [0.15, 0.2) is 65.6 Å². The third kappa shape index (κ3) is 9.74. The highest BCUT2D eigenvalue weighted by Crippen LogP contribution is 2.34. The molecule has 0 saturated heterocycles. The molecule has 0 bridgehead atoms. The monoisotopic (exact) mass is 673 g/mol. The lowest BCUT2D eigenvalue weighted by atomic mass is 10.0. The first-order valence-corrected chi connectivity index (χ1v) is 15.1. The number of nitrogens with zero attached hydrogens (tertiary/aromatic N) is 2. The standard InChI is InChI=1S/C25H20Cl2FN5O4S.H2O4S/c1-13-10-16(5-9-20(13)31-24(34)14-2-6-17(7-3-14)38(28,35)36)37-12-21-22(23(29)33-25(30)32-21)15-4-8-18(26)19(27)11-15;1-5(2,3)4/h2-11H,12H2,1H3,(H,31,34)(H4,29,30,32,33);(H2,1,2,3,4). The number of rotatable bonds is 7. The molecule has 18 heteroatoms. The Kier molecular flexibility index (Phi) is 10.5. The van der Waals surface area contributed by atoms with Crippen molar-refractivity contribution in [3.05, 3.63) is 87.5 Å². The number of benzene rings is 3. The number of ether oxygens (including phenoxy) is 1. The number of aryl methyl sites for hydroxylation is 1. The fraction of sp³-hybridized carbons (Fsp3) is 0.0800. The first-order chi connectivity index (χ1) is 19.9. The molecule has 0 spiro atoms. The number of amides is 1. The number of aromatic nitrogens is 2. The highest BCUT2D eigenvalue weighted by atomic mass is 35.5. The molecule has 0 saturated carbocycles. The maximum atomic E-state index is 13.1. The third-order valence-electron chi connectivity index (χ3n) is 5.46. The van der Waals surface area contributed by atoms with Crippen LogP contribution in [0.2, 0.25) is 10.0 Å². The van der Waals surface area contributed by atoms with E-state index in [1.165, 1.54) is 12.1 Å². The van der Waals surface area contributed by atoms with Gasteiger partial charge in [-0.1, -0.05) is 29.3 Å². The van der Waals surface area contributed by atoms with E-state index >= 15 is 0 Å². The lowest BCUT2D eigenvalue weighted by molar-refractivity contribution is 0.102. The minimum absolute atomic E-state index is 0.00146. The number of nitrogen functional groups attached to an aromatic ring is 2. The van der Waals surface area contributed by atoms with Crippen LogP contribution in [0.5, 0.6) is 5.75 Å². The molecule has 43 heavy (non-hydrogen) atoms. The van der Waals surface area contributed by atoms with Crippen molar-refractivity contribution in [3.63, 3.8) is 0 Å². The second-order valence-electron chi connectivity index (χ2n) is 8.55. The van der Waals surface area contributed by atoms with Gasteiger partial charge in [-0.05, 0) is 72.6 Å². The summed E-state index contributed by atoms with van der Waals surface area (Å²) >= 11 is 12.2. The molecule has 13 nitrogen and oxygen atoms in total. The molecule has 7 N–H and O–H groups in total. The van der Waals surface area contributed by atoms with E-state index in [1.54, 1.807) is 43.3 Å². The number of anilines is 3. The molecule has 0 atom stereocenters. The van der Waals surface area contributed by atoms with Gasteiger partial charge in [0.1, 0.15) is 18.2 Å². The smallest absolute Gasteiger partial charge is 0.394 e. The second kappa shape index (κ2) is 13.5. The Balaban J connectivity index is 0.000000934. The van der Waals surface area contributed by atoms with Gasteiger partial charge < -0.3 is 21.5 Å². The van der Waals surface area contributed by atoms with Gasteiger partial charge in [-0.3, -0.25) is 13.9 Å². The van der Waals surface area contributed by atoms with Crippen LogP contribution in [0.1, 0.15) is 21.6 Å². The largest absolute Gasteiger partial charge is 0.487 e. The van der Waals surface area contributed by atoms with E-state index < -0.39 is 31.4 Å². The number of hydrogen-bond acceptors (Lipinski definition) is 10. The summed E-state index contributed by atoms with van der Waals surface area (Å²) in [5.74, 6) is 0.119. The molecular formula is C25H22Cl2FN5O8S2. The highest BCUT2D eigenvalue weighted by molar-refractivity contribution is 7.86. The van der Waals surface area contributed by atoms with Gasteiger partial charge in [0, 0.05) is 16.8 Å².